The fraction of sp³-hybridized carbons (Fsp3) is 0.333. The zero-order valence-electron chi connectivity index (χ0n) is 13.9. The van der Waals surface area contributed by atoms with Gasteiger partial charge in [-0.3, -0.25) is 4.79 Å². The van der Waals surface area contributed by atoms with Gasteiger partial charge in [0.2, 0.25) is 0 Å². The first-order chi connectivity index (χ1) is 12.3. The third kappa shape index (κ3) is 3.88. The first kappa shape index (κ1) is 16.2. The highest BCUT2D eigenvalue weighted by Crippen LogP contribution is 2.26. The molecular weight excluding hydrogens is 334 g/mol. The largest absolute Gasteiger partial charge is 0.347 e. The quantitative estimate of drug-likeness (QED) is 0.690. The van der Waals surface area contributed by atoms with Crippen molar-refractivity contribution in [3.63, 3.8) is 0 Å². The number of rotatable bonds is 5. The van der Waals surface area contributed by atoms with E-state index in [1.54, 1.807) is 16.9 Å². The van der Waals surface area contributed by atoms with Crippen molar-refractivity contribution in [2.45, 2.75) is 30.7 Å². The second-order valence-electron chi connectivity index (χ2n) is 6.22. The predicted molar refractivity (Wildman–Crippen MR) is 98.4 cm³/mol. The van der Waals surface area contributed by atoms with Gasteiger partial charge in [0.05, 0.1) is 6.20 Å². The van der Waals surface area contributed by atoms with Gasteiger partial charge in [0.25, 0.3) is 5.91 Å². The minimum Gasteiger partial charge on any atom is -0.347 e. The molecule has 6 nitrogen and oxygen atoms in total. The zero-order valence-corrected chi connectivity index (χ0v) is 14.8. The third-order valence-corrected chi connectivity index (χ3v) is 5.44. The van der Waals surface area contributed by atoms with Crippen molar-refractivity contribution in [2.75, 3.05) is 13.1 Å². The van der Waals surface area contributed by atoms with Crippen LogP contribution in [0.4, 0.5) is 0 Å². The van der Waals surface area contributed by atoms with Crippen LogP contribution in [0.5, 0.6) is 0 Å². The van der Waals surface area contributed by atoms with E-state index >= 15 is 0 Å². The van der Waals surface area contributed by atoms with Crippen LogP contribution in [-0.2, 0) is 6.54 Å². The van der Waals surface area contributed by atoms with Crippen molar-refractivity contribution in [1.82, 2.24) is 24.2 Å². The summed E-state index contributed by atoms with van der Waals surface area (Å²) < 4.78 is 4.15. The van der Waals surface area contributed by atoms with Crippen LogP contribution < -0.4 is 5.32 Å². The lowest BCUT2D eigenvalue weighted by Gasteiger charge is -2.25. The van der Waals surface area contributed by atoms with Gasteiger partial charge in [-0.15, -0.1) is 0 Å². The number of nitrogens with zero attached hydrogens (tertiary/aromatic N) is 3. The highest BCUT2D eigenvalue weighted by Gasteiger charge is 2.12. The Morgan fingerprint density at radius 2 is 1.96 bits per heavy atom. The summed E-state index contributed by atoms with van der Waals surface area (Å²) in [6.45, 7) is 2.83. The van der Waals surface area contributed by atoms with E-state index in [9.17, 15) is 4.79 Å². The molecule has 0 saturated carbocycles. The van der Waals surface area contributed by atoms with Crippen LogP contribution in [0.3, 0.4) is 0 Å². The smallest absolute Gasteiger partial charge is 0.271 e. The molecule has 130 valence electrons. The Kier molecular flexibility index (Phi) is 4.76. The van der Waals surface area contributed by atoms with E-state index in [0.717, 1.165) is 11.2 Å². The van der Waals surface area contributed by atoms with Crippen LogP contribution in [0, 0.1) is 0 Å². The molecule has 3 heterocycles. The molecule has 2 aromatic heterocycles. The number of aromatic nitrogens is 3. The Morgan fingerprint density at radius 3 is 2.72 bits per heavy atom. The molecule has 0 aliphatic carbocycles. The Bertz CT molecular complexity index is 819. The molecular formula is C18H21N5OS. The number of H-pyrrole nitrogens is 1. The van der Waals surface area contributed by atoms with Crippen LogP contribution in [0.15, 0.2) is 47.6 Å². The van der Waals surface area contributed by atoms with E-state index < -0.39 is 0 Å². The molecule has 0 spiro atoms. The maximum atomic E-state index is 12.2. The summed E-state index contributed by atoms with van der Waals surface area (Å²) >= 11 is 1.83. The van der Waals surface area contributed by atoms with Crippen LogP contribution >= 0.6 is 11.9 Å². The number of hydrogen-bond acceptors (Lipinski definition) is 4. The number of piperidine rings is 1. The number of benzene rings is 1. The Labute approximate surface area is 150 Å². The van der Waals surface area contributed by atoms with Gasteiger partial charge in [0.15, 0.2) is 5.65 Å². The SMILES string of the molecule is O=C(NCc1ccc(SN2CCCCC2)cc1)c1cn2[nH]ccc2n1. The molecule has 1 saturated heterocycles. The van der Waals surface area contributed by atoms with Gasteiger partial charge >= 0.3 is 0 Å². The van der Waals surface area contributed by atoms with Gasteiger partial charge in [-0.2, -0.15) is 0 Å². The van der Waals surface area contributed by atoms with Crippen molar-refractivity contribution < 1.29 is 4.79 Å². The lowest BCUT2D eigenvalue weighted by Crippen LogP contribution is -2.23. The fourth-order valence-electron chi connectivity index (χ4n) is 2.96. The molecule has 25 heavy (non-hydrogen) atoms. The van der Waals surface area contributed by atoms with Crippen molar-refractivity contribution in [3.8, 4) is 0 Å². The Balaban J connectivity index is 1.31. The number of amides is 1. The van der Waals surface area contributed by atoms with E-state index in [2.05, 4.69) is 44.0 Å². The normalized spacial score (nSPS) is 15.5. The van der Waals surface area contributed by atoms with Crippen LogP contribution in [0.1, 0.15) is 35.3 Å². The van der Waals surface area contributed by atoms with E-state index in [1.807, 2.05) is 18.0 Å². The molecule has 1 amide bonds. The Hall–Kier alpha value is -2.25. The maximum absolute atomic E-state index is 12.2. The molecule has 0 atom stereocenters. The average molecular weight is 355 g/mol. The van der Waals surface area contributed by atoms with Crippen molar-refractivity contribution >= 4 is 23.5 Å². The first-order valence-corrected chi connectivity index (χ1v) is 9.38. The van der Waals surface area contributed by atoms with Crippen molar-refractivity contribution in [3.05, 3.63) is 54.0 Å². The number of nitrogens with one attached hydrogen (secondary N) is 2. The Morgan fingerprint density at radius 1 is 1.16 bits per heavy atom. The number of hydrogen-bond donors (Lipinski definition) is 2. The van der Waals surface area contributed by atoms with E-state index in [4.69, 9.17) is 0 Å². The lowest BCUT2D eigenvalue weighted by molar-refractivity contribution is 0.0946. The monoisotopic (exact) mass is 355 g/mol. The zero-order chi connectivity index (χ0) is 17.1. The topological polar surface area (TPSA) is 65.4 Å². The molecule has 7 heteroatoms. The van der Waals surface area contributed by atoms with Gasteiger partial charge in [-0.05, 0) is 42.5 Å². The number of carbonyl (C=O) groups is 1. The summed E-state index contributed by atoms with van der Waals surface area (Å²) in [7, 11) is 0. The molecule has 0 bridgehead atoms. The second kappa shape index (κ2) is 7.33. The van der Waals surface area contributed by atoms with Gasteiger partial charge in [0, 0.05) is 36.8 Å². The van der Waals surface area contributed by atoms with Crippen LogP contribution in [0.25, 0.3) is 5.65 Å². The standard InChI is InChI=1S/C18H21N5OS/c24-18(16-13-23-17(21-16)8-9-20-23)19-12-14-4-6-15(7-5-14)25-22-10-2-1-3-11-22/h4-9,13,20H,1-3,10-12H2,(H,19,24). The number of aromatic amines is 1. The minimum absolute atomic E-state index is 0.163. The number of carbonyl (C=O) groups excluding carboxylic acids is 1. The summed E-state index contributed by atoms with van der Waals surface area (Å²) in [6, 6.07) is 10.2. The molecule has 0 unspecified atom stereocenters. The summed E-state index contributed by atoms with van der Waals surface area (Å²) in [4.78, 5) is 17.7. The highest BCUT2D eigenvalue weighted by molar-refractivity contribution is 7.97. The molecule has 2 N–H and O–H groups in total. The predicted octanol–water partition coefficient (Wildman–Crippen LogP) is 3.09. The highest BCUT2D eigenvalue weighted by atomic mass is 32.2. The minimum atomic E-state index is -0.163. The summed E-state index contributed by atoms with van der Waals surface area (Å²) in [5.41, 5.74) is 2.24. The molecule has 1 fully saturated rings. The summed E-state index contributed by atoms with van der Waals surface area (Å²) in [5, 5.41) is 5.90. The van der Waals surface area contributed by atoms with Crippen molar-refractivity contribution in [1.29, 1.82) is 0 Å². The molecule has 1 aliphatic heterocycles. The first-order valence-electron chi connectivity index (χ1n) is 8.60. The van der Waals surface area contributed by atoms with E-state index in [0.29, 0.717) is 12.2 Å². The van der Waals surface area contributed by atoms with Gasteiger partial charge in [0.1, 0.15) is 5.69 Å². The molecule has 3 aromatic rings. The average Bonchev–Trinajstić information content (AvgIpc) is 3.24. The lowest BCUT2D eigenvalue weighted by atomic mass is 10.2. The van der Waals surface area contributed by atoms with Gasteiger partial charge in [-0.25, -0.2) is 13.8 Å². The fourth-order valence-corrected chi connectivity index (χ4v) is 3.96. The van der Waals surface area contributed by atoms with Crippen molar-refractivity contribution in [2.24, 2.45) is 0 Å². The maximum Gasteiger partial charge on any atom is 0.271 e. The van der Waals surface area contributed by atoms with Gasteiger partial charge < -0.3 is 10.4 Å². The molecule has 1 aromatic carbocycles. The molecule has 0 radical (unpaired) electrons. The van der Waals surface area contributed by atoms with Gasteiger partial charge in [-0.1, -0.05) is 18.6 Å². The summed E-state index contributed by atoms with van der Waals surface area (Å²) in [5.74, 6) is -0.163. The second-order valence-corrected chi connectivity index (χ2v) is 7.39. The summed E-state index contributed by atoms with van der Waals surface area (Å²) in [6.07, 6.45) is 7.41. The molecule has 1 aliphatic rings. The van der Waals surface area contributed by atoms with E-state index in [1.165, 1.54) is 37.2 Å². The number of fused-ring (bicyclic) bond motifs is 1. The number of imidazole rings is 1. The molecule has 4 rings (SSSR count). The van der Waals surface area contributed by atoms with Crippen LogP contribution in [0.2, 0.25) is 0 Å². The van der Waals surface area contributed by atoms with E-state index in [-0.39, 0.29) is 5.91 Å². The third-order valence-electron chi connectivity index (χ3n) is 4.34. The van der Waals surface area contributed by atoms with Crippen LogP contribution in [-0.4, -0.2) is 37.9 Å².